The lowest BCUT2D eigenvalue weighted by Crippen LogP contribution is -2.17. The van der Waals surface area contributed by atoms with Crippen molar-refractivity contribution in [1.29, 1.82) is 0 Å². The first-order valence-electron chi connectivity index (χ1n) is 6.60. The zero-order valence-electron chi connectivity index (χ0n) is 11.6. The van der Waals surface area contributed by atoms with Gasteiger partial charge in [-0.25, -0.2) is 0 Å². The van der Waals surface area contributed by atoms with Gasteiger partial charge < -0.3 is 5.32 Å². The van der Waals surface area contributed by atoms with Crippen LogP contribution in [0, 0.1) is 0 Å². The summed E-state index contributed by atoms with van der Waals surface area (Å²) in [7, 11) is 1.96. The third-order valence-electron chi connectivity index (χ3n) is 3.00. The van der Waals surface area contributed by atoms with Crippen molar-refractivity contribution >= 4 is 23.4 Å². The van der Waals surface area contributed by atoms with Crippen LogP contribution >= 0.6 is 23.4 Å². The molecule has 0 aliphatic heterocycles. The second-order valence-electron chi connectivity index (χ2n) is 4.41. The summed E-state index contributed by atoms with van der Waals surface area (Å²) in [4.78, 5) is 0. The number of unbranched alkanes of at least 4 members (excludes halogenated alkanes) is 2. The SMILES string of the molecule is CCc1nn(C)c(CNCCCCCSC)c1Cl. The smallest absolute Gasteiger partial charge is 0.0863 e. The van der Waals surface area contributed by atoms with Gasteiger partial charge in [0.25, 0.3) is 0 Å². The molecule has 0 aliphatic rings. The maximum Gasteiger partial charge on any atom is 0.0863 e. The van der Waals surface area contributed by atoms with E-state index in [2.05, 4.69) is 23.6 Å². The number of rotatable bonds is 9. The normalized spacial score (nSPS) is 11.1. The lowest BCUT2D eigenvalue weighted by molar-refractivity contribution is 0.589. The summed E-state index contributed by atoms with van der Waals surface area (Å²) in [6, 6.07) is 0. The van der Waals surface area contributed by atoms with E-state index in [1.54, 1.807) is 0 Å². The van der Waals surface area contributed by atoms with Crippen molar-refractivity contribution in [2.75, 3.05) is 18.6 Å². The van der Waals surface area contributed by atoms with Gasteiger partial charge in [-0.1, -0.05) is 24.9 Å². The fraction of sp³-hybridized carbons (Fsp3) is 0.769. The topological polar surface area (TPSA) is 29.9 Å². The van der Waals surface area contributed by atoms with E-state index in [1.807, 2.05) is 23.5 Å². The largest absolute Gasteiger partial charge is 0.311 e. The summed E-state index contributed by atoms with van der Waals surface area (Å²) in [5.74, 6) is 1.27. The Morgan fingerprint density at radius 2 is 2.11 bits per heavy atom. The molecule has 0 bridgehead atoms. The van der Waals surface area contributed by atoms with Gasteiger partial charge in [0.15, 0.2) is 0 Å². The molecule has 1 rings (SSSR count). The standard InChI is InChI=1S/C13H24ClN3S/c1-4-11-13(14)12(17(2)16-11)10-15-8-6-5-7-9-18-3/h15H,4-10H2,1-3H3. The molecule has 0 fully saturated rings. The number of nitrogens with one attached hydrogen (secondary N) is 1. The molecule has 0 radical (unpaired) electrons. The third-order valence-corrected chi connectivity index (χ3v) is 4.13. The third kappa shape index (κ3) is 4.82. The van der Waals surface area contributed by atoms with Crippen molar-refractivity contribution in [3.8, 4) is 0 Å². The molecule has 18 heavy (non-hydrogen) atoms. The molecule has 0 amide bonds. The van der Waals surface area contributed by atoms with Crippen LogP contribution in [-0.2, 0) is 20.0 Å². The van der Waals surface area contributed by atoms with Gasteiger partial charge in [0.05, 0.1) is 16.4 Å². The maximum atomic E-state index is 6.28. The zero-order chi connectivity index (χ0) is 13.4. The lowest BCUT2D eigenvalue weighted by atomic mass is 10.2. The monoisotopic (exact) mass is 289 g/mol. The van der Waals surface area contributed by atoms with E-state index in [0.717, 1.165) is 35.9 Å². The second-order valence-corrected chi connectivity index (χ2v) is 5.78. The van der Waals surface area contributed by atoms with Gasteiger partial charge in [0, 0.05) is 13.6 Å². The lowest BCUT2D eigenvalue weighted by Gasteiger charge is -2.05. The molecule has 0 spiro atoms. The Morgan fingerprint density at radius 3 is 2.72 bits per heavy atom. The summed E-state index contributed by atoms with van der Waals surface area (Å²) < 4.78 is 1.89. The molecular formula is C13H24ClN3S. The fourth-order valence-electron chi connectivity index (χ4n) is 1.89. The van der Waals surface area contributed by atoms with E-state index in [0.29, 0.717) is 0 Å². The van der Waals surface area contributed by atoms with Crippen LogP contribution in [-0.4, -0.2) is 28.3 Å². The highest BCUT2D eigenvalue weighted by Crippen LogP contribution is 2.20. The van der Waals surface area contributed by atoms with Crippen molar-refractivity contribution in [2.45, 2.75) is 39.2 Å². The first-order valence-corrected chi connectivity index (χ1v) is 8.37. The Morgan fingerprint density at radius 1 is 1.33 bits per heavy atom. The number of nitrogens with zero attached hydrogens (tertiary/aromatic N) is 2. The Bertz CT molecular complexity index is 352. The number of hydrogen-bond donors (Lipinski definition) is 1. The molecule has 0 aromatic carbocycles. The first kappa shape index (κ1) is 15.9. The van der Waals surface area contributed by atoms with Crippen LogP contribution in [0.2, 0.25) is 5.02 Å². The van der Waals surface area contributed by atoms with E-state index in [1.165, 1.54) is 25.0 Å². The summed E-state index contributed by atoms with van der Waals surface area (Å²) in [5, 5.41) is 8.68. The fourth-order valence-corrected chi connectivity index (χ4v) is 2.75. The van der Waals surface area contributed by atoms with Gasteiger partial charge in [0.2, 0.25) is 0 Å². The van der Waals surface area contributed by atoms with Gasteiger partial charge in [-0.2, -0.15) is 16.9 Å². The summed E-state index contributed by atoms with van der Waals surface area (Å²) in [6.07, 6.45) is 6.90. The van der Waals surface area contributed by atoms with Crippen LogP contribution in [0.3, 0.4) is 0 Å². The second kappa shape index (κ2) is 8.83. The van der Waals surface area contributed by atoms with Gasteiger partial charge in [0.1, 0.15) is 0 Å². The minimum atomic E-state index is 0.810. The van der Waals surface area contributed by atoms with Gasteiger partial charge in [-0.05, 0) is 37.8 Å². The van der Waals surface area contributed by atoms with Crippen LogP contribution in [0.25, 0.3) is 0 Å². The summed E-state index contributed by atoms with van der Waals surface area (Å²) in [6.45, 7) is 3.94. The summed E-state index contributed by atoms with van der Waals surface area (Å²) in [5.41, 5.74) is 2.09. The predicted molar refractivity (Wildman–Crippen MR) is 81.5 cm³/mol. The summed E-state index contributed by atoms with van der Waals surface area (Å²) >= 11 is 8.21. The molecule has 1 N–H and O–H groups in total. The van der Waals surface area contributed by atoms with Crippen LogP contribution in [0.15, 0.2) is 0 Å². The van der Waals surface area contributed by atoms with E-state index in [4.69, 9.17) is 11.6 Å². The van der Waals surface area contributed by atoms with E-state index in [-0.39, 0.29) is 0 Å². The molecular weight excluding hydrogens is 266 g/mol. The van der Waals surface area contributed by atoms with Crippen LogP contribution < -0.4 is 5.32 Å². The molecule has 0 unspecified atom stereocenters. The minimum Gasteiger partial charge on any atom is -0.311 e. The molecule has 1 aromatic heterocycles. The number of halogens is 1. The van der Waals surface area contributed by atoms with E-state index >= 15 is 0 Å². The van der Waals surface area contributed by atoms with E-state index in [9.17, 15) is 0 Å². The van der Waals surface area contributed by atoms with Gasteiger partial charge in [-0.15, -0.1) is 0 Å². The van der Waals surface area contributed by atoms with Crippen molar-refractivity contribution in [3.05, 3.63) is 16.4 Å². The average Bonchev–Trinajstić information content (AvgIpc) is 2.64. The number of hydrogen-bond acceptors (Lipinski definition) is 3. The minimum absolute atomic E-state index is 0.810. The molecule has 104 valence electrons. The molecule has 1 heterocycles. The average molecular weight is 290 g/mol. The Kier molecular flexibility index (Phi) is 7.79. The molecule has 3 nitrogen and oxygen atoms in total. The number of thioether (sulfide) groups is 1. The van der Waals surface area contributed by atoms with E-state index < -0.39 is 0 Å². The zero-order valence-corrected chi connectivity index (χ0v) is 13.2. The van der Waals surface area contributed by atoms with Crippen LogP contribution in [0.4, 0.5) is 0 Å². The van der Waals surface area contributed by atoms with Gasteiger partial charge >= 0.3 is 0 Å². The van der Waals surface area contributed by atoms with Gasteiger partial charge in [-0.3, -0.25) is 4.68 Å². The highest BCUT2D eigenvalue weighted by atomic mass is 35.5. The molecule has 1 aromatic rings. The van der Waals surface area contributed by atoms with Crippen molar-refractivity contribution in [2.24, 2.45) is 7.05 Å². The van der Waals surface area contributed by atoms with Crippen molar-refractivity contribution in [1.82, 2.24) is 15.1 Å². The highest BCUT2D eigenvalue weighted by molar-refractivity contribution is 7.98. The molecule has 0 atom stereocenters. The first-order chi connectivity index (χ1) is 8.70. The molecule has 5 heteroatoms. The Labute approximate surface area is 120 Å². The molecule has 0 saturated carbocycles. The molecule has 0 saturated heterocycles. The van der Waals surface area contributed by atoms with Crippen molar-refractivity contribution < 1.29 is 0 Å². The van der Waals surface area contributed by atoms with Crippen molar-refractivity contribution in [3.63, 3.8) is 0 Å². The Hall–Kier alpha value is -0.190. The predicted octanol–water partition coefficient (Wildman–Crippen LogP) is 3.26. The Balaban J connectivity index is 2.25. The number of aromatic nitrogens is 2. The maximum absolute atomic E-state index is 6.28. The number of aryl methyl sites for hydroxylation is 2. The highest BCUT2D eigenvalue weighted by Gasteiger charge is 2.11. The van der Waals surface area contributed by atoms with Crippen LogP contribution in [0.5, 0.6) is 0 Å². The molecule has 0 aliphatic carbocycles. The van der Waals surface area contributed by atoms with Crippen LogP contribution in [0.1, 0.15) is 37.6 Å². The quantitative estimate of drug-likeness (QED) is 0.708.